The highest BCUT2D eigenvalue weighted by Crippen LogP contribution is 2.70. The first-order valence-corrected chi connectivity index (χ1v) is 15.1. The minimum absolute atomic E-state index is 0.202. The Morgan fingerprint density at radius 2 is 1.59 bits per heavy atom. The molecule has 1 unspecified atom stereocenters. The van der Waals surface area contributed by atoms with Gasteiger partial charge in [0.15, 0.2) is 7.36 Å². The largest absolute Gasteiger partial charge is 0.379 e. The predicted octanol–water partition coefficient (Wildman–Crippen LogP) is 7.59. The van der Waals surface area contributed by atoms with Crippen LogP contribution in [-0.4, -0.2) is 44.2 Å². The summed E-state index contributed by atoms with van der Waals surface area (Å²) in [6, 6.07) is 27.5. The van der Waals surface area contributed by atoms with Gasteiger partial charge in [0.25, 0.3) is 0 Å². The zero-order valence-corrected chi connectivity index (χ0v) is 23.9. The summed E-state index contributed by atoms with van der Waals surface area (Å²) in [6.07, 6.45) is 2.08. The van der Waals surface area contributed by atoms with Crippen LogP contribution < -0.4 is 9.68 Å². The molecular formula is C29H31BrN5OP. The number of anilines is 2. The lowest BCUT2D eigenvalue weighted by Crippen LogP contribution is -2.38. The van der Waals surface area contributed by atoms with Crippen molar-refractivity contribution in [3.8, 4) is 0 Å². The Labute approximate surface area is 227 Å². The van der Waals surface area contributed by atoms with Crippen LogP contribution in [0.5, 0.6) is 0 Å². The molecule has 1 saturated heterocycles. The van der Waals surface area contributed by atoms with Crippen LogP contribution in [0.1, 0.15) is 19.4 Å². The van der Waals surface area contributed by atoms with Crippen molar-refractivity contribution >= 4 is 46.6 Å². The molecule has 0 aliphatic carbocycles. The van der Waals surface area contributed by atoms with Gasteiger partial charge in [-0.15, -0.1) is 0 Å². The maximum Gasteiger partial charge on any atom is 0.180 e. The zero-order valence-electron chi connectivity index (χ0n) is 21.4. The van der Waals surface area contributed by atoms with Crippen LogP contribution in [0, 0.1) is 0 Å². The zero-order chi connectivity index (χ0) is 25.6. The number of halogens is 1. The highest BCUT2D eigenvalue weighted by atomic mass is 79.9. The second kappa shape index (κ2) is 9.55. The number of ether oxygens (including phenoxy) is 1. The molecule has 0 aromatic heterocycles. The van der Waals surface area contributed by atoms with E-state index in [-0.39, 0.29) is 5.41 Å². The maximum absolute atomic E-state index is 5.83. The normalized spacial score (nSPS) is 25.0. The lowest BCUT2D eigenvalue weighted by molar-refractivity contribution is 0.0743. The molecular weight excluding hydrogens is 545 g/mol. The van der Waals surface area contributed by atoms with Gasteiger partial charge in [-0.25, -0.2) is 14.2 Å². The van der Waals surface area contributed by atoms with Crippen LogP contribution in [0.15, 0.2) is 104 Å². The van der Waals surface area contributed by atoms with Gasteiger partial charge in [-0.1, -0.05) is 66.2 Å². The molecule has 0 amide bonds. The van der Waals surface area contributed by atoms with Gasteiger partial charge in [-0.05, 0) is 48.0 Å². The van der Waals surface area contributed by atoms with Gasteiger partial charge in [0, 0.05) is 41.4 Å². The van der Waals surface area contributed by atoms with Gasteiger partial charge in [0.1, 0.15) is 0 Å². The lowest BCUT2D eigenvalue weighted by atomic mass is 9.84. The summed E-state index contributed by atoms with van der Waals surface area (Å²) < 4.78 is 17.3. The van der Waals surface area contributed by atoms with Crippen molar-refractivity contribution in [3.63, 3.8) is 0 Å². The van der Waals surface area contributed by atoms with Crippen LogP contribution in [0.25, 0.3) is 0 Å². The van der Waals surface area contributed by atoms with E-state index in [1.807, 2.05) is 6.07 Å². The molecule has 3 aliphatic heterocycles. The van der Waals surface area contributed by atoms with E-state index in [0.717, 1.165) is 28.9 Å². The van der Waals surface area contributed by atoms with E-state index in [4.69, 9.17) is 14.6 Å². The summed E-state index contributed by atoms with van der Waals surface area (Å²) in [5, 5.41) is 6.32. The van der Waals surface area contributed by atoms with Crippen molar-refractivity contribution in [3.05, 3.63) is 99.9 Å². The van der Waals surface area contributed by atoms with Crippen LogP contribution in [-0.2, 0) is 10.2 Å². The number of morpholine rings is 1. The first-order valence-electron chi connectivity index (χ1n) is 12.6. The summed E-state index contributed by atoms with van der Waals surface area (Å²) in [7, 11) is -0.401. The lowest BCUT2D eigenvalue weighted by Gasteiger charge is -2.42. The van der Waals surface area contributed by atoms with Crippen molar-refractivity contribution in [1.29, 1.82) is 0 Å². The van der Waals surface area contributed by atoms with Crippen LogP contribution in [0.4, 0.5) is 17.1 Å². The number of rotatable bonds is 3. The molecule has 0 bridgehead atoms. The number of hydrazone groups is 1. The number of likely N-dealkylation sites (N-methyl/N-ethyl adjacent to an activating group) is 1. The standard InChI is InChI=1S/C29H31BrN5OP/c1-29(2)25-11-7-8-12-26(25)33(3)28(29)27-21-31-35(24-9-5-4-6-10-24)37(27,34-17-19-36-20-18-34)32-23-15-13-22(30)14-16-23/h4-16,21H,17-20H2,1-3H3. The Bertz CT molecular complexity index is 1430. The number of benzene rings is 3. The fourth-order valence-electron chi connectivity index (χ4n) is 5.74. The molecule has 3 aliphatic rings. The van der Waals surface area contributed by atoms with Gasteiger partial charge >= 0.3 is 0 Å². The number of hydrogen-bond donors (Lipinski definition) is 0. The molecule has 6 nitrogen and oxygen atoms in total. The molecule has 0 N–H and O–H groups in total. The Kier molecular flexibility index (Phi) is 6.36. The van der Waals surface area contributed by atoms with Crippen molar-refractivity contribution in [2.45, 2.75) is 19.3 Å². The maximum atomic E-state index is 5.83. The smallest absolute Gasteiger partial charge is 0.180 e. The van der Waals surface area contributed by atoms with Gasteiger partial charge < -0.3 is 9.64 Å². The van der Waals surface area contributed by atoms with Crippen molar-refractivity contribution < 1.29 is 4.74 Å². The molecule has 8 heteroatoms. The molecule has 37 heavy (non-hydrogen) atoms. The highest BCUT2D eigenvalue weighted by molar-refractivity contribution is 9.10. The third-order valence-corrected chi connectivity index (χ3v) is 11.5. The third-order valence-electron chi connectivity index (χ3n) is 7.44. The van der Waals surface area contributed by atoms with Gasteiger partial charge in [-0.3, -0.25) is 0 Å². The van der Waals surface area contributed by atoms with E-state index in [1.54, 1.807) is 0 Å². The summed E-state index contributed by atoms with van der Waals surface area (Å²) in [5.74, 6) is 0. The molecule has 0 saturated carbocycles. The molecule has 3 heterocycles. The number of hydrogen-bond acceptors (Lipinski definition) is 4. The SMILES string of the molecule is CN1C(=C2C=NN(c3ccccc3)P2(=Nc2ccc(Br)cc2)N2CCOCC2)C(C)(C)c2ccccc21. The summed E-state index contributed by atoms with van der Waals surface area (Å²) in [4.78, 5) is 2.36. The Morgan fingerprint density at radius 1 is 0.919 bits per heavy atom. The van der Waals surface area contributed by atoms with Crippen LogP contribution >= 0.6 is 23.3 Å². The van der Waals surface area contributed by atoms with E-state index >= 15 is 0 Å². The van der Waals surface area contributed by atoms with Crippen molar-refractivity contribution in [2.75, 3.05) is 43.0 Å². The molecule has 190 valence electrons. The molecule has 6 rings (SSSR count). The van der Waals surface area contributed by atoms with E-state index in [9.17, 15) is 0 Å². The molecule has 1 atom stereocenters. The minimum atomic E-state index is -2.58. The third kappa shape index (κ3) is 4.00. The number of allylic oxidation sites excluding steroid dienone is 2. The molecule has 0 spiro atoms. The number of para-hydroxylation sites is 2. The van der Waals surface area contributed by atoms with E-state index in [1.165, 1.54) is 22.3 Å². The van der Waals surface area contributed by atoms with Crippen LogP contribution in [0.2, 0.25) is 0 Å². The average molecular weight is 576 g/mol. The Hall–Kier alpha value is -2.70. The molecule has 3 aromatic carbocycles. The second-order valence-electron chi connectivity index (χ2n) is 10.0. The number of fused-ring (bicyclic) bond motifs is 1. The predicted molar refractivity (Wildman–Crippen MR) is 158 cm³/mol. The highest BCUT2D eigenvalue weighted by Gasteiger charge is 2.49. The Balaban J connectivity index is 1.68. The van der Waals surface area contributed by atoms with Gasteiger partial charge in [0.2, 0.25) is 0 Å². The van der Waals surface area contributed by atoms with E-state index in [0.29, 0.717) is 13.2 Å². The van der Waals surface area contributed by atoms with Crippen molar-refractivity contribution in [1.82, 2.24) is 4.67 Å². The van der Waals surface area contributed by atoms with Gasteiger partial charge in [-0.2, -0.15) is 5.10 Å². The minimum Gasteiger partial charge on any atom is -0.379 e. The number of nitrogens with zero attached hydrogens (tertiary/aromatic N) is 5. The summed E-state index contributed by atoms with van der Waals surface area (Å²) in [5.41, 5.74) is 5.62. The monoisotopic (exact) mass is 575 g/mol. The van der Waals surface area contributed by atoms with E-state index in [2.05, 4.69) is 130 Å². The quantitative estimate of drug-likeness (QED) is 0.302. The fourth-order valence-corrected chi connectivity index (χ4v) is 9.82. The molecule has 3 aromatic rings. The second-order valence-corrected chi connectivity index (χ2v) is 13.7. The van der Waals surface area contributed by atoms with Crippen LogP contribution in [0.3, 0.4) is 0 Å². The van der Waals surface area contributed by atoms with Gasteiger partial charge in [0.05, 0.1) is 36.1 Å². The van der Waals surface area contributed by atoms with E-state index < -0.39 is 7.36 Å². The average Bonchev–Trinajstić information content (AvgIpc) is 3.38. The molecule has 0 radical (unpaired) electrons. The first-order chi connectivity index (χ1) is 17.9. The topological polar surface area (TPSA) is 43.7 Å². The Morgan fingerprint density at radius 3 is 2.30 bits per heavy atom. The summed E-state index contributed by atoms with van der Waals surface area (Å²) >= 11 is 3.59. The molecule has 1 fully saturated rings. The first kappa shape index (κ1) is 24.6. The summed E-state index contributed by atoms with van der Waals surface area (Å²) in [6.45, 7) is 7.61. The van der Waals surface area contributed by atoms with Crippen molar-refractivity contribution in [2.24, 2.45) is 9.85 Å². The fraction of sp³-hybridized carbons (Fsp3) is 0.276.